The molecule has 1 heterocycles. The fraction of sp³-hybridized carbons (Fsp3) is 1.00. The van der Waals surface area contributed by atoms with Crippen LogP contribution in [0.1, 0.15) is 66.2 Å². The van der Waals surface area contributed by atoms with Crippen LogP contribution in [0.2, 0.25) is 0 Å². The number of hydrogen-bond donors (Lipinski definition) is 1. The zero-order chi connectivity index (χ0) is 13.2. The molecule has 1 aliphatic heterocycles. The van der Waals surface area contributed by atoms with Crippen LogP contribution in [0.3, 0.4) is 0 Å². The van der Waals surface area contributed by atoms with E-state index >= 15 is 0 Å². The van der Waals surface area contributed by atoms with E-state index in [4.69, 9.17) is 4.74 Å². The molecule has 2 nitrogen and oxygen atoms in total. The van der Waals surface area contributed by atoms with Gasteiger partial charge >= 0.3 is 0 Å². The molecule has 4 atom stereocenters. The van der Waals surface area contributed by atoms with Crippen molar-refractivity contribution in [2.45, 2.75) is 84.4 Å². The van der Waals surface area contributed by atoms with E-state index in [2.05, 4.69) is 33.0 Å². The Bertz CT molecular complexity index is 258. The average Bonchev–Trinajstić information content (AvgIpc) is 2.54. The Hall–Kier alpha value is -0.0800. The zero-order valence-electron chi connectivity index (χ0n) is 12.7. The lowest BCUT2D eigenvalue weighted by Crippen LogP contribution is -2.41. The van der Waals surface area contributed by atoms with Crippen LogP contribution in [-0.2, 0) is 4.74 Å². The van der Waals surface area contributed by atoms with Crippen molar-refractivity contribution >= 4 is 0 Å². The van der Waals surface area contributed by atoms with Gasteiger partial charge in [-0.25, -0.2) is 0 Å². The lowest BCUT2D eigenvalue weighted by atomic mass is 9.76. The van der Waals surface area contributed by atoms with Crippen LogP contribution < -0.4 is 5.32 Å². The molecular formula is C16H31NO. The highest BCUT2D eigenvalue weighted by Gasteiger charge is 2.30. The quantitative estimate of drug-likeness (QED) is 0.757. The maximum Gasteiger partial charge on any atom is 0.0700 e. The van der Waals surface area contributed by atoms with Gasteiger partial charge in [-0.1, -0.05) is 27.2 Å². The molecule has 2 aliphatic rings. The van der Waals surface area contributed by atoms with Gasteiger partial charge in [-0.3, -0.25) is 0 Å². The maximum absolute atomic E-state index is 5.65. The molecule has 2 heteroatoms. The van der Waals surface area contributed by atoms with Gasteiger partial charge < -0.3 is 10.1 Å². The van der Waals surface area contributed by atoms with Crippen molar-refractivity contribution in [3.8, 4) is 0 Å². The summed E-state index contributed by atoms with van der Waals surface area (Å²) in [6.45, 7) is 10.4. The molecule has 18 heavy (non-hydrogen) atoms. The highest BCUT2D eigenvalue weighted by molar-refractivity contribution is 4.86. The second kappa shape index (κ2) is 5.92. The minimum Gasteiger partial charge on any atom is -0.377 e. The molecule has 0 bridgehead atoms. The van der Waals surface area contributed by atoms with Crippen LogP contribution in [0.4, 0.5) is 0 Å². The number of hydrogen-bond acceptors (Lipinski definition) is 2. The van der Waals surface area contributed by atoms with Crippen LogP contribution >= 0.6 is 0 Å². The molecule has 0 radical (unpaired) electrons. The third-order valence-electron chi connectivity index (χ3n) is 5.02. The summed E-state index contributed by atoms with van der Waals surface area (Å²) < 4.78 is 5.65. The van der Waals surface area contributed by atoms with Crippen molar-refractivity contribution in [1.29, 1.82) is 0 Å². The summed E-state index contributed by atoms with van der Waals surface area (Å²) in [7, 11) is 0. The monoisotopic (exact) mass is 253 g/mol. The first-order chi connectivity index (χ1) is 8.47. The fourth-order valence-corrected chi connectivity index (χ4v) is 3.59. The molecule has 106 valence electrons. The standard InChI is InChI=1S/C16H31NO/c1-12-15(10-11-18-12)17-14-7-5-6-13(8-9-14)16(2,3)4/h12-15,17H,5-11H2,1-4H3. The largest absolute Gasteiger partial charge is 0.377 e. The molecule has 0 amide bonds. The Morgan fingerprint density at radius 3 is 2.39 bits per heavy atom. The van der Waals surface area contributed by atoms with Gasteiger partial charge in [-0.05, 0) is 50.4 Å². The first-order valence-electron chi connectivity index (χ1n) is 7.84. The SMILES string of the molecule is CC1OCCC1NC1CCCC(C(C)(C)C)CC1. The van der Waals surface area contributed by atoms with Crippen LogP contribution in [0.5, 0.6) is 0 Å². The van der Waals surface area contributed by atoms with Crippen molar-refractivity contribution in [3.63, 3.8) is 0 Å². The Morgan fingerprint density at radius 1 is 1.00 bits per heavy atom. The van der Waals surface area contributed by atoms with Gasteiger partial charge in [0.1, 0.15) is 0 Å². The van der Waals surface area contributed by atoms with Gasteiger partial charge in [0, 0.05) is 18.7 Å². The van der Waals surface area contributed by atoms with Crippen molar-refractivity contribution in [2.24, 2.45) is 11.3 Å². The van der Waals surface area contributed by atoms with Crippen LogP contribution in [0.25, 0.3) is 0 Å². The molecule has 2 rings (SSSR count). The summed E-state index contributed by atoms with van der Waals surface area (Å²) in [4.78, 5) is 0. The van der Waals surface area contributed by atoms with E-state index in [9.17, 15) is 0 Å². The van der Waals surface area contributed by atoms with Gasteiger partial charge in [0.15, 0.2) is 0 Å². The molecule has 1 aliphatic carbocycles. The zero-order valence-corrected chi connectivity index (χ0v) is 12.7. The van der Waals surface area contributed by atoms with Crippen molar-refractivity contribution in [1.82, 2.24) is 5.32 Å². The average molecular weight is 253 g/mol. The Morgan fingerprint density at radius 2 is 1.78 bits per heavy atom. The fourth-order valence-electron chi connectivity index (χ4n) is 3.59. The maximum atomic E-state index is 5.65. The normalized spacial score (nSPS) is 38.7. The summed E-state index contributed by atoms with van der Waals surface area (Å²) in [6.07, 6.45) is 8.51. The third kappa shape index (κ3) is 3.71. The summed E-state index contributed by atoms with van der Waals surface area (Å²) in [5.41, 5.74) is 0.485. The third-order valence-corrected chi connectivity index (χ3v) is 5.02. The molecule has 0 aromatic rings. The first-order valence-corrected chi connectivity index (χ1v) is 7.84. The second-order valence-electron chi connectivity index (χ2n) is 7.41. The summed E-state index contributed by atoms with van der Waals surface area (Å²) in [6, 6.07) is 1.33. The van der Waals surface area contributed by atoms with E-state index < -0.39 is 0 Å². The summed E-state index contributed by atoms with van der Waals surface area (Å²) in [5.74, 6) is 0.904. The highest BCUT2D eigenvalue weighted by atomic mass is 16.5. The van der Waals surface area contributed by atoms with Gasteiger partial charge in [-0.2, -0.15) is 0 Å². The van der Waals surface area contributed by atoms with E-state index in [1.165, 1.54) is 38.5 Å². The lowest BCUT2D eigenvalue weighted by Gasteiger charge is -2.30. The molecule has 1 saturated heterocycles. The van der Waals surface area contributed by atoms with E-state index in [0.717, 1.165) is 18.6 Å². The minimum absolute atomic E-state index is 0.409. The molecule has 2 fully saturated rings. The molecule has 0 spiro atoms. The highest BCUT2D eigenvalue weighted by Crippen LogP contribution is 2.37. The van der Waals surface area contributed by atoms with Crippen LogP contribution in [0.15, 0.2) is 0 Å². The molecule has 0 aromatic carbocycles. The Balaban J connectivity index is 1.82. The number of nitrogens with one attached hydrogen (secondary N) is 1. The molecule has 1 N–H and O–H groups in total. The molecular weight excluding hydrogens is 222 g/mol. The summed E-state index contributed by atoms with van der Waals surface area (Å²) >= 11 is 0. The van der Waals surface area contributed by atoms with Gasteiger partial charge in [0.05, 0.1) is 6.10 Å². The van der Waals surface area contributed by atoms with Gasteiger partial charge in [0.25, 0.3) is 0 Å². The molecule has 4 unspecified atom stereocenters. The van der Waals surface area contributed by atoms with Crippen LogP contribution in [-0.4, -0.2) is 24.8 Å². The van der Waals surface area contributed by atoms with Gasteiger partial charge in [-0.15, -0.1) is 0 Å². The molecule has 1 saturated carbocycles. The van der Waals surface area contributed by atoms with Crippen molar-refractivity contribution < 1.29 is 4.74 Å². The van der Waals surface area contributed by atoms with E-state index in [1.807, 2.05) is 0 Å². The molecule has 0 aromatic heterocycles. The van der Waals surface area contributed by atoms with Crippen LogP contribution in [0, 0.1) is 11.3 Å². The van der Waals surface area contributed by atoms with Gasteiger partial charge in [0.2, 0.25) is 0 Å². The van der Waals surface area contributed by atoms with E-state index in [0.29, 0.717) is 17.6 Å². The predicted octanol–water partition coefficient (Wildman–Crippen LogP) is 3.75. The van der Waals surface area contributed by atoms with E-state index in [-0.39, 0.29) is 0 Å². The smallest absolute Gasteiger partial charge is 0.0700 e. The predicted molar refractivity (Wildman–Crippen MR) is 76.8 cm³/mol. The number of rotatable bonds is 2. The lowest BCUT2D eigenvalue weighted by molar-refractivity contribution is 0.110. The topological polar surface area (TPSA) is 21.3 Å². The first kappa shape index (κ1) is 14.3. The summed E-state index contributed by atoms with van der Waals surface area (Å²) in [5, 5.41) is 3.85. The number of ether oxygens (including phenoxy) is 1. The van der Waals surface area contributed by atoms with Crippen molar-refractivity contribution in [3.05, 3.63) is 0 Å². The van der Waals surface area contributed by atoms with Crippen molar-refractivity contribution in [2.75, 3.05) is 6.61 Å². The Labute approximate surface area is 113 Å². The van der Waals surface area contributed by atoms with E-state index in [1.54, 1.807) is 0 Å². The Kier molecular flexibility index (Phi) is 4.71. The minimum atomic E-state index is 0.409. The second-order valence-corrected chi connectivity index (χ2v) is 7.41.